The molecule has 9 heteroatoms. The molecule has 1 rings (SSSR count). The van der Waals surface area contributed by atoms with Gasteiger partial charge in [-0.15, -0.1) is 10.3 Å². The Labute approximate surface area is 141 Å². The third-order valence-electron chi connectivity index (χ3n) is 4.24. The Hall–Kier alpha value is -1.26. The van der Waals surface area contributed by atoms with Gasteiger partial charge in [0.1, 0.15) is 6.10 Å². The van der Waals surface area contributed by atoms with Gasteiger partial charge in [-0.3, -0.25) is 9.59 Å². The van der Waals surface area contributed by atoms with E-state index in [1.807, 2.05) is 0 Å². The summed E-state index contributed by atoms with van der Waals surface area (Å²) in [6.07, 6.45) is -1.94. The maximum absolute atomic E-state index is 12.3. The van der Waals surface area contributed by atoms with Crippen LogP contribution in [0.15, 0.2) is 0 Å². The van der Waals surface area contributed by atoms with Gasteiger partial charge in [0.05, 0.1) is 12.7 Å². The number of hydrogen-bond donors (Lipinski definition) is 5. The predicted octanol–water partition coefficient (Wildman–Crippen LogP) is -1.70. The van der Waals surface area contributed by atoms with Crippen LogP contribution in [0.2, 0.25) is 0 Å². The Morgan fingerprint density at radius 1 is 1.08 bits per heavy atom. The molecule has 0 saturated carbocycles. The normalized spacial score (nSPS) is 23.3. The highest BCUT2D eigenvalue weighted by atomic mass is 16.5. The highest BCUT2D eigenvalue weighted by Crippen LogP contribution is 2.36. The van der Waals surface area contributed by atoms with Crippen LogP contribution in [0.5, 0.6) is 0 Å². The third kappa shape index (κ3) is 5.12. The number of nitrogens with one attached hydrogen (secondary N) is 2. The van der Waals surface area contributed by atoms with Crippen LogP contribution >= 0.6 is 0 Å². The van der Waals surface area contributed by atoms with Crippen LogP contribution in [0.1, 0.15) is 40.5 Å². The van der Waals surface area contributed by atoms with Crippen molar-refractivity contribution < 1.29 is 30.1 Å². The summed E-state index contributed by atoms with van der Waals surface area (Å²) in [7, 11) is 0. The van der Waals surface area contributed by atoms with Crippen LogP contribution in [0.25, 0.3) is 0 Å². The lowest BCUT2D eigenvalue weighted by Gasteiger charge is -2.49. The zero-order valence-corrected chi connectivity index (χ0v) is 14.6. The van der Waals surface area contributed by atoms with E-state index in [0.29, 0.717) is 12.8 Å². The summed E-state index contributed by atoms with van der Waals surface area (Å²) in [4.78, 5) is 23.7. The van der Waals surface area contributed by atoms with Gasteiger partial charge in [0.25, 0.3) is 0 Å². The van der Waals surface area contributed by atoms with Crippen molar-refractivity contribution >= 4 is 11.8 Å². The quantitative estimate of drug-likeness (QED) is 0.376. The number of aliphatic hydroxyl groups excluding tert-OH is 3. The zero-order chi connectivity index (χ0) is 18.7. The van der Waals surface area contributed by atoms with Gasteiger partial charge in [0, 0.05) is 23.7 Å². The van der Waals surface area contributed by atoms with Crippen LogP contribution < -0.4 is 10.6 Å². The minimum Gasteiger partial charge on any atom is -0.394 e. The van der Waals surface area contributed by atoms with Gasteiger partial charge in [0.2, 0.25) is 0 Å². The van der Waals surface area contributed by atoms with Crippen molar-refractivity contribution in [1.82, 2.24) is 15.7 Å². The molecule has 0 aliphatic carbocycles. The Kier molecular flexibility index (Phi) is 6.71. The monoisotopic (exact) mass is 346 g/mol. The van der Waals surface area contributed by atoms with E-state index in [1.165, 1.54) is 0 Å². The molecule has 1 aliphatic heterocycles. The third-order valence-corrected chi connectivity index (χ3v) is 4.24. The van der Waals surface area contributed by atoms with Gasteiger partial charge >= 0.3 is 11.8 Å². The number of amides is 2. The molecule has 0 bridgehead atoms. The van der Waals surface area contributed by atoms with Crippen LogP contribution in [-0.2, 0) is 14.8 Å². The number of hydroxylamine groups is 2. The molecule has 24 heavy (non-hydrogen) atoms. The minimum absolute atomic E-state index is 0.327. The van der Waals surface area contributed by atoms with Crippen molar-refractivity contribution in [3.05, 3.63) is 0 Å². The van der Waals surface area contributed by atoms with E-state index >= 15 is 0 Å². The molecule has 2 atom stereocenters. The Balaban J connectivity index is 2.57. The van der Waals surface area contributed by atoms with Crippen molar-refractivity contribution in [1.29, 1.82) is 0 Å². The first-order valence-corrected chi connectivity index (χ1v) is 7.94. The Morgan fingerprint density at radius 3 is 2.04 bits per heavy atom. The van der Waals surface area contributed by atoms with Crippen LogP contribution in [-0.4, -0.2) is 74.7 Å². The van der Waals surface area contributed by atoms with Gasteiger partial charge in [-0.1, -0.05) is 0 Å². The summed E-state index contributed by atoms with van der Waals surface area (Å²) < 4.78 is 0. The van der Waals surface area contributed by atoms with E-state index in [2.05, 4.69) is 10.6 Å². The molecule has 0 aromatic heterocycles. The second-order valence-corrected chi connectivity index (χ2v) is 7.53. The van der Waals surface area contributed by atoms with Crippen LogP contribution in [0.3, 0.4) is 0 Å². The summed E-state index contributed by atoms with van der Waals surface area (Å²) in [5.41, 5.74) is -1.34. The highest BCUT2D eigenvalue weighted by Gasteiger charge is 2.46. The van der Waals surface area contributed by atoms with Gasteiger partial charge in [-0.25, -0.2) is 0 Å². The largest absolute Gasteiger partial charge is 0.394 e. The van der Waals surface area contributed by atoms with Gasteiger partial charge in [-0.2, -0.15) is 0 Å². The number of piperidine rings is 1. The van der Waals surface area contributed by atoms with E-state index in [9.17, 15) is 25.0 Å². The lowest BCUT2D eigenvalue weighted by atomic mass is 9.79. The van der Waals surface area contributed by atoms with E-state index in [-0.39, 0.29) is 12.6 Å². The summed E-state index contributed by atoms with van der Waals surface area (Å²) in [6, 6.07) is -0.327. The van der Waals surface area contributed by atoms with Gasteiger partial charge in [-0.05, 0) is 40.5 Å². The maximum Gasteiger partial charge on any atom is 0.309 e. The fourth-order valence-corrected chi connectivity index (χ4v) is 3.15. The smallest absolute Gasteiger partial charge is 0.309 e. The number of rotatable bonds is 5. The molecule has 0 aromatic rings. The molecule has 1 heterocycles. The lowest BCUT2D eigenvalue weighted by molar-refractivity contribution is -0.289. The van der Waals surface area contributed by atoms with E-state index in [4.69, 9.17) is 5.11 Å². The van der Waals surface area contributed by atoms with Crippen molar-refractivity contribution in [2.24, 2.45) is 0 Å². The summed E-state index contributed by atoms with van der Waals surface area (Å²) in [5.74, 6) is -1.81. The van der Waals surface area contributed by atoms with Crippen molar-refractivity contribution in [2.75, 3.05) is 13.2 Å². The SMILES string of the molecule is CC1(C)CC(NC(=O)C(=O)NCC(O)C(O)CO)CC(C)(C)N1[O]. The van der Waals surface area contributed by atoms with Crippen molar-refractivity contribution in [3.8, 4) is 0 Å². The average Bonchev–Trinajstić information content (AvgIpc) is 2.48. The first-order valence-electron chi connectivity index (χ1n) is 7.94. The molecule has 2 unspecified atom stereocenters. The second-order valence-electron chi connectivity index (χ2n) is 7.53. The fraction of sp³-hybridized carbons (Fsp3) is 0.867. The molecule has 9 nitrogen and oxygen atoms in total. The summed E-state index contributed by atoms with van der Waals surface area (Å²) >= 11 is 0. The molecule has 139 valence electrons. The predicted molar refractivity (Wildman–Crippen MR) is 84.0 cm³/mol. The summed E-state index contributed by atoms with van der Waals surface area (Å²) in [6.45, 7) is 6.13. The standard InChI is InChI=1S/C15H28N3O6/c1-14(2)5-9(6-15(3,4)18(14)24)17-13(23)12(22)16-7-10(20)11(21)8-19/h9-11,19-21H,5-8H2,1-4H3,(H,16,22)(H,17,23). The number of carbonyl (C=O) groups is 2. The minimum atomic E-state index is -1.39. The number of carbonyl (C=O) groups excluding carboxylic acids is 2. The average molecular weight is 346 g/mol. The van der Waals surface area contributed by atoms with Crippen LogP contribution in [0, 0.1) is 0 Å². The van der Waals surface area contributed by atoms with Crippen molar-refractivity contribution in [2.45, 2.75) is 69.9 Å². The zero-order valence-electron chi connectivity index (χ0n) is 14.6. The lowest BCUT2D eigenvalue weighted by Crippen LogP contribution is -2.63. The van der Waals surface area contributed by atoms with Crippen molar-refractivity contribution in [3.63, 3.8) is 0 Å². The Morgan fingerprint density at radius 2 is 1.58 bits per heavy atom. The molecular formula is C15H28N3O6. The Bertz CT molecular complexity index is 450. The molecule has 5 N–H and O–H groups in total. The fourth-order valence-electron chi connectivity index (χ4n) is 3.15. The molecule has 1 aliphatic rings. The first-order chi connectivity index (χ1) is 10.9. The number of aliphatic hydroxyl groups is 3. The molecule has 1 fully saturated rings. The number of nitrogens with zero attached hydrogens (tertiary/aromatic N) is 1. The maximum atomic E-state index is 12.3. The molecule has 2 amide bonds. The number of hydrogen-bond acceptors (Lipinski definition) is 6. The van der Waals surface area contributed by atoms with E-state index in [1.54, 1.807) is 27.7 Å². The van der Waals surface area contributed by atoms with E-state index in [0.717, 1.165) is 5.06 Å². The molecular weight excluding hydrogens is 318 g/mol. The van der Waals surface area contributed by atoms with Crippen LogP contribution in [0.4, 0.5) is 0 Å². The molecule has 1 saturated heterocycles. The second kappa shape index (κ2) is 7.75. The van der Waals surface area contributed by atoms with Gasteiger partial charge in [0.15, 0.2) is 0 Å². The van der Waals surface area contributed by atoms with Gasteiger partial charge < -0.3 is 26.0 Å². The highest BCUT2D eigenvalue weighted by molar-refractivity contribution is 6.35. The summed E-state index contributed by atoms with van der Waals surface area (Å²) in [5, 5.41) is 45.4. The molecule has 0 aromatic carbocycles. The molecule has 1 radical (unpaired) electrons. The topological polar surface area (TPSA) is 142 Å². The molecule has 0 spiro atoms. The first kappa shape index (κ1) is 20.8. The van der Waals surface area contributed by atoms with E-state index < -0.39 is 41.7 Å².